The second-order valence-corrected chi connectivity index (χ2v) is 4.59. The summed E-state index contributed by atoms with van der Waals surface area (Å²) in [4.78, 5) is 14.7. The van der Waals surface area contributed by atoms with E-state index in [4.69, 9.17) is 0 Å². The summed E-state index contributed by atoms with van der Waals surface area (Å²) >= 11 is 0. The van der Waals surface area contributed by atoms with Crippen molar-refractivity contribution in [1.29, 1.82) is 0 Å². The molecule has 1 atom stereocenters. The van der Waals surface area contributed by atoms with Crippen molar-refractivity contribution >= 4 is 11.5 Å². The Bertz CT molecular complexity index is 430. The number of aryl methyl sites for hydroxylation is 1. The van der Waals surface area contributed by atoms with E-state index in [2.05, 4.69) is 15.6 Å². The average Bonchev–Trinajstić information content (AvgIpc) is 2.81. The first-order valence-electron chi connectivity index (χ1n) is 6.25. The topological polar surface area (TPSA) is 80.1 Å². The highest BCUT2D eigenvalue weighted by atomic mass is 16.6. The van der Waals surface area contributed by atoms with Crippen molar-refractivity contribution in [2.24, 2.45) is 0 Å². The molecule has 0 bridgehead atoms. The zero-order valence-electron chi connectivity index (χ0n) is 10.5. The lowest BCUT2D eigenvalue weighted by Gasteiger charge is -2.11. The molecule has 0 amide bonds. The zero-order valence-corrected chi connectivity index (χ0v) is 10.5. The zero-order chi connectivity index (χ0) is 13.0. The van der Waals surface area contributed by atoms with Crippen molar-refractivity contribution in [3.63, 3.8) is 0 Å². The van der Waals surface area contributed by atoms with E-state index in [1.807, 2.05) is 0 Å². The Hall–Kier alpha value is -1.69. The van der Waals surface area contributed by atoms with Crippen LogP contribution in [0.5, 0.6) is 0 Å². The largest absolute Gasteiger partial charge is 0.364 e. The third kappa shape index (κ3) is 2.95. The molecule has 1 aliphatic rings. The summed E-state index contributed by atoms with van der Waals surface area (Å²) < 4.78 is 0. The highest BCUT2D eigenvalue weighted by molar-refractivity contribution is 5.59. The molecule has 0 aliphatic carbocycles. The first kappa shape index (κ1) is 12.8. The van der Waals surface area contributed by atoms with Crippen molar-refractivity contribution in [3.8, 4) is 0 Å². The van der Waals surface area contributed by atoms with Crippen LogP contribution in [0.1, 0.15) is 24.8 Å². The summed E-state index contributed by atoms with van der Waals surface area (Å²) in [6.07, 6.45) is 4.96. The van der Waals surface area contributed by atoms with Crippen molar-refractivity contribution in [2.45, 2.75) is 32.2 Å². The Labute approximate surface area is 106 Å². The van der Waals surface area contributed by atoms with Gasteiger partial charge in [0.2, 0.25) is 5.82 Å². The van der Waals surface area contributed by atoms with Gasteiger partial charge < -0.3 is 10.6 Å². The molecule has 1 unspecified atom stereocenters. The number of nitrogens with one attached hydrogen (secondary N) is 2. The molecular formula is C12H18N4O2. The summed E-state index contributed by atoms with van der Waals surface area (Å²) in [7, 11) is 0. The van der Waals surface area contributed by atoms with Crippen molar-refractivity contribution in [1.82, 2.24) is 10.3 Å². The smallest absolute Gasteiger partial charge is 0.314 e. The first-order chi connectivity index (χ1) is 8.68. The minimum Gasteiger partial charge on any atom is -0.364 e. The predicted octanol–water partition coefficient (Wildman–Crippen LogP) is 1.85. The average molecular weight is 250 g/mol. The van der Waals surface area contributed by atoms with Gasteiger partial charge in [-0.25, -0.2) is 4.98 Å². The van der Waals surface area contributed by atoms with E-state index in [0.29, 0.717) is 24.0 Å². The third-order valence-corrected chi connectivity index (χ3v) is 3.26. The summed E-state index contributed by atoms with van der Waals surface area (Å²) in [5.74, 6) is 0.373. The molecule has 2 heterocycles. The van der Waals surface area contributed by atoms with Gasteiger partial charge in [0.05, 0.1) is 4.92 Å². The molecule has 6 nitrogen and oxygen atoms in total. The van der Waals surface area contributed by atoms with Crippen molar-refractivity contribution < 1.29 is 4.92 Å². The van der Waals surface area contributed by atoms with Crippen LogP contribution in [0.4, 0.5) is 11.5 Å². The van der Waals surface area contributed by atoms with E-state index >= 15 is 0 Å². The quantitative estimate of drug-likeness (QED) is 0.615. The van der Waals surface area contributed by atoms with Crippen LogP contribution in [-0.4, -0.2) is 29.0 Å². The Morgan fingerprint density at radius 2 is 2.50 bits per heavy atom. The fourth-order valence-electron chi connectivity index (χ4n) is 2.28. The second kappa shape index (κ2) is 5.77. The molecule has 6 heteroatoms. The summed E-state index contributed by atoms with van der Waals surface area (Å²) in [5.41, 5.74) is 0.716. The van der Waals surface area contributed by atoms with Crippen LogP contribution < -0.4 is 10.6 Å². The summed E-state index contributed by atoms with van der Waals surface area (Å²) in [6.45, 7) is 3.51. The fraction of sp³-hybridized carbons (Fsp3) is 0.583. The number of nitro groups is 1. The molecule has 1 aromatic rings. The molecular weight excluding hydrogens is 232 g/mol. The maximum Gasteiger partial charge on any atom is 0.314 e. The van der Waals surface area contributed by atoms with Gasteiger partial charge in [-0.3, -0.25) is 10.1 Å². The van der Waals surface area contributed by atoms with Gasteiger partial charge in [0.25, 0.3) is 0 Å². The molecule has 0 radical (unpaired) electrons. The van der Waals surface area contributed by atoms with Gasteiger partial charge in [0.1, 0.15) is 0 Å². The van der Waals surface area contributed by atoms with Crippen LogP contribution in [0.15, 0.2) is 12.3 Å². The minimum atomic E-state index is -0.377. The maximum atomic E-state index is 11.0. The molecule has 0 saturated carbocycles. The molecule has 18 heavy (non-hydrogen) atoms. The maximum absolute atomic E-state index is 11.0. The van der Waals surface area contributed by atoms with Gasteiger partial charge in [-0.15, -0.1) is 0 Å². The fourth-order valence-corrected chi connectivity index (χ4v) is 2.28. The van der Waals surface area contributed by atoms with E-state index in [-0.39, 0.29) is 10.6 Å². The van der Waals surface area contributed by atoms with Gasteiger partial charge in [-0.2, -0.15) is 0 Å². The lowest BCUT2D eigenvalue weighted by molar-refractivity contribution is -0.384. The van der Waals surface area contributed by atoms with Crippen LogP contribution in [0, 0.1) is 17.0 Å². The van der Waals surface area contributed by atoms with Crippen LogP contribution >= 0.6 is 0 Å². The SMILES string of the molecule is Cc1ccnc(NCCC2CCCN2)c1[N+](=O)[O-]. The van der Waals surface area contributed by atoms with E-state index < -0.39 is 0 Å². The van der Waals surface area contributed by atoms with Gasteiger partial charge in [-0.1, -0.05) is 0 Å². The molecule has 1 aromatic heterocycles. The predicted molar refractivity (Wildman–Crippen MR) is 69.8 cm³/mol. The molecule has 0 aromatic carbocycles. The molecule has 98 valence electrons. The highest BCUT2D eigenvalue weighted by Gasteiger charge is 2.19. The van der Waals surface area contributed by atoms with E-state index in [1.54, 1.807) is 19.2 Å². The lowest BCUT2D eigenvalue weighted by Crippen LogP contribution is -2.24. The van der Waals surface area contributed by atoms with Gasteiger partial charge in [-0.05, 0) is 38.8 Å². The normalized spacial score (nSPS) is 18.8. The lowest BCUT2D eigenvalue weighted by atomic mass is 10.1. The van der Waals surface area contributed by atoms with E-state index in [0.717, 1.165) is 13.0 Å². The Balaban J connectivity index is 1.96. The summed E-state index contributed by atoms with van der Waals surface area (Å²) in [6, 6.07) is 2.18. The van der Waals surface area contributed by atoms with Crippen molar-refractivity contribution in [2.75, 3.05) is 18.4 Å². The molecule has 0 spiro atoms. The number of aromatic nitrogens is 1. The van der Waals surface area contributed by atoms with Gasteiger partial charge >= 0.3 is 5.69 Å². The Kier molecular flexibility index (Phi) is 4.09. The van der Waals surface area contributed by atoms with E-state index in [1.165, 1.54) is 12.8 Å². The third-order valence-electron chi connectivity index (χ3n) is 3.26. The number of nitrogens with zero attached hydrogens (tertiary/aromatic N) is 2. The highest BCUT2D eigenvalue weighted by Crippen LogP contribution is 2.25. The number of hydrogen-bond acceptors (Lipinski definition) is 5. The summed E-state index contributed by atoms with van der Waals surface area (Å²) in [5, 5.41) is 17.4. The number of pyridine rings is 1. The number of rotatable bonds is 5. The van der Waals surface area contributed by atoms with Crippen LogP contribution in [0.2, 0.25) is 0 Å². The standard InChI is InChI=1S/C12H18N4O2/c1-9-4-7-14-12(11(9)16(17)18)15-8-5-10-3-2-6-13-10/h4,7,10,13H,2-3,5-6,8H2,1H3,(H,14,15). The van der Waals surface area contributed by atoms with Gasteiger partial charge in [0.15, 0.2) is 0 Å². The first-order valence-corrected chi connectivity index (χ1v) is 6.25. The van der Waals surface area contributed by atoms with Crippen LogP contribution in [-0.2, 0) is 0 Å². The Morgan fingerprint density at radius 3 is 3.17 bits per heavy atom. The second-order valence-electron chi connectivity index (χ2n) is 4.59. The van der Waals surface area contributed by atoms with Crippen LogP contribution in [0.3, 0.4) is 0 Å². The molecule has 1 aliphatic heterocycles. The molecule has 2 rings (SSSR count). The molecule has 1 fully saturated rings. The monoisotopic (exact) mass is 250 g/mol. The van der Waals surface area contributed by atoms with E-state index in [9.17, 15) is 10.1 Å². The Morgan fingerprint density at radius 1 is 1.67 bits per heavy atom. The van der Waals surface area contributed by atoms with Crippen LogP contribution in [0.25, 0.3) is 0 Å². The van der Waals surface area contributed by atoms with Gasteiger partial charge in [0, 0.05) is 24.3 Å². The number of anilines is 1. The minimum absolute atomic E-state index is 0.0804. The van der Waals surface area contributed by atoms with Crippen molar-refractivity contribution in [3.05, 3.63) is 27.9 Å². The number of hydrogen-bond donors (Lipinski definition) is 2. The molecule has 1 saturated heterocycles. The molecule has 2 N–H and O–H groups in total.